The second kappa shape index (κ2) is 5.65. The topological polar surface area (TPSA) is 26.3 Å². The van der Waals surface area contributed by atoms with Crippen molar-refractivity contribution in [1.82, 2.24) is 0 Å². The van der Waals surface area contributed by atoms with Gasteiger partial charge < -0.3 is 4.74 Å². The molecule has 0 N–H and O–H groups in total. The number of benzene rings is 1. The summed E-state index contributed by atoms with van der Waals surface area (Å²) < 4.78 is 5.29. The Balaban J connectivity index is 2.95. The molecule has 0 aliphatic heterocycles. The first-order valence-corrected chi connectivity index (χ1v) is 4.95. The lowest BCUT2D eigenvalue weighted by molar-refractivity contribution is 0.111. The van der Waals surface area contributed by atoms with Crippen LogP contribution >= 0.6 is 23.2 Å². The molecular formula is C11H8Cl2O2. The van der Waals surface area contributed by atoms with E-state index in [1.807, 2.05) is 0 Å². The van der Waals surface area contributed by atoms with Gasteiger partial charge in [-0.3, -0.25) is 4.79 Å². The Labute approximate surface area is 98.1 Å². The summed E-state index contributed by atoms with van der Waals surface area (Å²) in [6, 6.07) is 3.01. The Morgan fingerprint density at radius 1 is 1.47 bits per heavy atom. The van der Waals surface area contributed by atoms with E-state index in [-0.39, 0.29) is 0 Å². The molecule has 0 fully saturated rings. The average molecular weight is 243 g/mol. The number of hydrogen-bond donors (Lipinski definition) is 0. The van der Waals surface area contributed by atoms with Crippen molar-refractivity contribution in [3.8, 4) is 18.1 Å². The lowest BCUT2D eigenvalue weighted by Crippen LogP contribution is -1.99. The van der Waals surface area contributed by atoms with E-state index in [4.69, 9.17) is 34.4 Å². The fourth-order valence-electron chi connectivity index (χ4n) is 1.03. The normalized spacial score (nSPS) is 9.40. The van der Waals surface area contributed by atoms with E-state index >= 15 is 0 Å². The molecule has 78 valence electrons. The predicted molar refractivity (Wildman–Crippen MR) is 60.8 cm³/mol. The Bertz CT molecular complexity index is 408. The molecule has 0 aliphatic rings. The van der Waals surface area contributed by atoms with E-state index in [1.54, 1.807) is 0 Å². The second-order valence-electron chi connectivity index (χ2n) is 2.73. The zero-order valence-corrected chi connectivity index (χ0v) is 9.31. The Hall–Kier alpha value is -1.17. The molecule has 0 saturated carbocycles. The minimum Gasteiger partial charge on any atom is -0.490 e. The smallest absolute Gasteiger partial charge is 0.153 e. The van der Waals surface area contributed by atoms with Gasteiger partial charge in [-0.1, -0.05) is 23.2 Å². The van der Waals surface area contributed by atoms with E-state index in [9.17, 15) is 4.79 Å². The fraction of sp³-hybridized carbons (Fsp3) is 0.182. The van der Waals surface area contributed by atoms with Gasteiger partial charge in [-0.25, -0.2) is 0 Å². The van der Waals surface area contributed by atoms with E-state index in [0.29, 0.717) is 40.7 Å². The van der Waals surface area contributed by atoms with Gasteiger partial charge in [0.15, 0.2) is 6.29 Å². The zero-order chi connectivity index (χ0) is 11.3. The van der Waals surface area contributed by atoms with Gasteiger partial charge in [-0.15, -0.1) is 12.3 Å². The standard InChI is InChI=1S/C11H8Cl2O2/c1-2-3-4-15-11-8(7-14)5-9(12)6-10(11)13/h1,5-7H,3-4H2. The van der Waals surface area contributed by atoms with Gasteiger partial charge in [0.05, 0.1) is 17.2 Å². The predicted octanol–water partition coefficient (Wildman–Crippen LogP) is 3.21. The van der Waals surface area contributed by atoms with Gasteiger partial charge in [0.1, 0.15) is 5.75 Å². The van der Waals surface area contributed by atoms with Crippen LogP contribution in [0.3, 0.4) is 0 Å². The van der Waals surface area contributed by atoms with E-state index in [2.05, 4.69) is 5.92 Å². The number of ether oxygens (including phenoxy) is 1. The molecule has 1 aromatic rings. The van der Waals surface area contributed by atoms with E-state index in [0.717, 1.165) is 0 Å². The summed E-state index contributed by atoms with van der Waals surface area (Å²) in [6.45, 7) is 0.318. The van der Waals surface area contributed by atoms with Gasteiger partial charge in [0.25, 0.3) is 0 Å². The maximum absolute atomic E-state index is 10.7. The van der Waals surface area contributed by atoms with Crippen LogP contribution in [0.2, 0.25) is 10.0 Å². The van der Waals surface area contributed by atoms with Crippen LogP contribution in [0.4, 0.5) is 0 Å². The number of rotatable bonds is 4. The number of aldehydes is 1. The summed E-state index contributed by atoms with van der Waals surface area (Å²) in [7, 11) is 0. The van der Waals surface area contributed by atoms with Crippen LogP contribution in [-0.2, 0) is 0 Å². The lowest BCUT2D eigenvalue weighted by Gasteiger charge is -2.09. The van der Waals surface area contributed by atoms with Gasteiger partial charge in [-0.2, -0.15) is 0 Å². The van der Waals surface area contributed by atoms with Crippen LogP contribution in [-0.4, -0.2) is 12.9 Å². The van der Waals surface area contributed by atoms with Crippen molar-refractivity contribution < 1.29 is 9.53 Å². The second-order valence-corrected chi connectivity index (χ2v) is 3.57. The molecule has 0 atom stereocenters. The minimum atomic E-state index is 0.307. The van der Waals surface area contributed by atoms with Crippen LogP contribution in [0, 0.1) is 12.3 Å². The third kappa shape index (κ3) is 3.16. The molecule has 15 heavy (non-hydrogen) atoms. The highest BCUT2D eigenvalue weighted by Crippen LogP contribution is 2.31. The highest BCUT2D eigenvalue weighted by atomic mass is 35.5. The number of hydrogen-bond acceptors (Lipinski definition) is 2. The maximum atomic E-state index is 10.7. The monoisotopic (exact) mass is 242 g/mol. The highest BCUT2D eigenvalue weighted by Gasteiger charge is 2.09. The molecular weight excluding hydrogens is 235 g/mol. The fourth-order valence-corrected chi connectivity index (χ4v) is 1.60. The van der Waals surface area contributed by atoms with Crippen LogP contribution in [0.15, 0.2) is 12.1 Å². The molecule has 0 unspecified atom stereocenters. The molecule has 2 nitrogen and oxygen atoms in total. The van der Waals surface area contributed by atoms with Crippen molar-refractivity contribution >= 4 is 29.5 Å². The van der Waals surface area contributed by atoms with Crippen molar-refractivity contribution in [1.29, 1.82) is 0 Å². The third-order valence-electron chi connectivity index (χ3n) is 1.66. The Morgan fingerprint density at radius 3 is 2.80 bits per heavy atom. The summed E-state index contributed by atoms with van der Waals surface area (Å²) in [5.41, 5.74) is 0.324. The van der Waals surface area contributed by atoms with Crippen molar-refractivity contribution in [3.05, 3.63) is 27.7 Å². The number of halogens is 2. The molecule has 1 aromatic carbocycles. The van der Waals surface area contributed by atoms with Gasteiger partial charge >= 0.3 is 0 Å². The highest BCUT2D eigenvalue weighted by molar-refractivity contribution is 6.36. The summed E-state index contributed by atoms with van der Waals surface area (Å²) in [6.07, 6.45) is 6.17. The largest absolute Gasteiger partial charge is 0.490 e. The van der Waals surface area contributed by atoms with Gasteiger partial charge in [0, 0.05) is 11.4 Å². The number of carbonyl (C=O) groups excluding carboxylic acids is 1. The number of carbonyl (C=O) groups is 1. The van der Waals surface area contributed by atoms with Crippen molar-refractivity contribution in [2.45, 2.75) is 6.42 Å². The molecule has 1 rings (SSSR count). The maximum Gasteiger partial charge on any atom is 0.153 e. The SMILES string of the molecule is C#CCCOc1c(Cl)cc(Cl)cc1C=O. The molecule has 0 radical (unpaired) electrons. The molecule has 0 aliphatic carbocycles. The molecule has 0 saturated heterocycles. The molecule has 0 bridgehead atoms. The first kappa shape index (κ1) is 11.9. The van der Waals surface area contributed by atoms with Gasteiger partial charge in [-0.05, 0) is 12.1 Å². The third-order valence-corrected chi connectivity index (χ3v) is 2.16. The summed E-state index contributed by atoms with van der Waals surface area (Å²) in [5, 5.41) is 0.702. The first-order chi connectivity index (χ1) is 7.19. The molecule has 0 aromatic heterocycles. The van der Waals surface area contributed by atoms with E-state index < -0.39 is 0 Å². The van der Waals surface area contributed by atoms with Crippen LogP contribution in [0.25, 0.3) is 0 Å². The number of terminal acetylenes is 1. The first-order valence-electron chi connectivity index (χ1n) is 4.19. The summed E-state index contributed by atoms with van der Waals surface area (Å²) >= 11 is 11.6. The Morgan fingerprint density at radius 2 is 2.20 bits per heavy atom. The lowest BCUT2D eigenvalue weighted by atomic mass is 10.2. The molecule has 0 heterocycles. The average Bonchev–Trinajstić information content (AvgIpc) is 2.20. The summed E-state index contributed by atoms with van der Waals surface area (Å²) in [4.78, 5) is 10.7. The van der Waals surface area contributed by atoms with Crippen LogP contribution < -0.4 is 4.74 Å². The molecule has 0 amide bonds. The van der Waals surface area contributed by atoms with Crippen LogP contribution in [0.1, 0.15) is 16.8 Å². The quantitative estimate of drug-likeness (QED) is 0.461. The summed E-state index contributed by atoms with van der Waals surface area (Å²) in [5.74, 6) is 2.75. The molecule has 4 heteroatoms. The van der Waals surface area contributed by atoms with Gasteiger partial charge in [0.2, 0.25) is 0 Å². The minimum absolute atomic E-state index is 0.307. The van der Waals surface area contributed by atoms with E-state index in [1.165, 1.54) is 12.1 Å². The zero-order valence-electron chi connectivity index (χ0n) is 7.80. The van der Waals surface area contributed by atoms with Crippen molar-refractivity contribution in [3.63, 3.8) is 0 Å². The van der Waals surface area contributed by atoms with Crippen molar-refractivity contribution in [2.75, 3.05) is 6.61 Å². The molecule has 0 spiro atoms. The Kier molecular flexibility index (Phi) is 4.48. The van der Waals surface area contributed by atoms with Crippen LogP contribution in [0.5, 0.6) is 5.75 Å². The van der Waals surface area contributed by atoms with Crippen molar-refractivity contribution in [2.24, 2.45) is 0 Å².